The van der Waals surface area contributed by atoms with Gasteiger partial charge in [-0.25, -0.2) is 0 Å². The summed E-state index contributed by atoms with van der Waals surface area (Å²) in [7, 11) is 0. The molecule has 0 bridgehead atoms. The summed E-state index contributed by atoms with van der Waals surface area (Å²) >= 11 is 0. The Labute approximate surface area is 125 Å². The fourth-order valence-electron chi connectivity index (χ4n) is 3.35. The molecular weight excluding hydrogens is 252 g/mol. The second-order valence-corrected chi connectivity index (χ2v) is 5.70. The van der Waals surface area contributed by atoms with Gasteiger partial charge >= 0.3 is 0 Å². The third kappa shape index (κ3) is 1.99. The molecule has 0 heteroatoms. The van der Waals surface area contributed by atoms with Crippen LogP contribution in [0.4, 0.5) is 0 Å². The van der Waals surface area contributed by atoms with Gasteiger partial charge in [-0.1, -0.05) is 73.7 Å². The molecule has 0 nitrogen and oxygen atoms in total. The molecule has 21 heavy (non-hydrogen) atoms. The summed E-state index contributed by atoms with van der Waals surface area (Å²) in [4.78, 5) is 0. The number of hydrogen-bond acceptors (Lipinski definition) is 0. The summed E-state index contributed by atoms with van der Waals surface area (Å²) in [5, 5.41) is 2.68. The van der Waals surface area contributed by atoms with Gasteiger partial charge in [0, 0.05) is 0 Å². The average molecular weight is 270 g/mol. The van der Waals surface area contributed by atoms with Crippen molar-refractivity contribution in [2.45, 2.75) is 19.8 Å². The van der Waals surface area contributed by atoms with Crippen molar-refractivity contribution >= 4 is 16.3 Å². The van der Waals surface area contributed by atoms with Gasteiger partial charge in [-0.05, 0) is 51.5 Å². The Hall–Kier alpha value is -2.34. The van der Waals surface area contributed by atoms with E-state index in [1.807, 2.05) is 0 Å². The lowest BCUT2D eigenvalue weighted by atomic mass is 9.87. The van der Waals surface area contributed by atoms with Crippen molar-refractivity contribution in [3.05, 3.63) is 89.1 Å². The molecule has 0 heterocycles. The van der Waals surface area contributed by atoms with E-state index >= 15 is 0 Å². The third-order valence-electron chi connectivity index (χ3n) is 4.45. The highest BCUT2D eigenvalue weighted by atomic mass is 14.2. The molecule has 2 aromatic carbocycles. The first kappa shape index (κ1) is 12.4. The molecule has 0 N–H and O–H groups in total. The first-order valence-electron chi connectivity index (χ1n) is 7.67. The van der Waals surface area contributed by atoms with E-state index in [4.69, 9.17) is 0 Å². The van der Waals surface area contributed by atoms with E-state index < -0.39 is 0 Å². The van der Waals surface area contributed by atoms with Crippen LogP contribution in [0.15, 0.2) is 83.5 Å². The quantitative estimate of drug-likeness (QED) is 0.644. The van der Waals surface area contributed by atoms with Crippen LogP contribution in [0.2, 0.25) is 0 Å². The molecule has 0 amide bonds. The third-order valence-corrected chi connectivity index (χ3v) is 4.45. The Morgan fingerprint density at radius 1 is 0.952 bits per heavy atom. The van der Waals surface area contributed by atoms with Gasteiger partial charge in [0.1, 0.15) is 0 Å². The summed E-state index contributed by atoms with van der Waals surface area (Å²) in [5.74, 6) is 0. The van der Waals surface area contributed by atoms with Crippen molar-refractivity contribution < 1.29 is 0 Å². The molecule has 102 valence electrons. The smallest absolute Gasteiger partial charge is 0.00818 e. The van der Waals surface area contributed by atoms with Crippen molar-refractivity contribution in [1.29, 1.82) is 0 Å². The summed E-state index contributed by atoms with van der Waals surface area (Å²) < 4.78 is 0. The molecule has 2 aromatic rings. The van der Waals surface area contributed by atoms with E-state index in [-0.39, 0.29) is 0 Å². The summed E-state index contributed by atoms with van der Waals surface area (Å²) in [5.41, 5.74) is 7.08. The highest BCUT2D eigenvalue weighted by Crippen LogP contribution is 2.39. The number of hydrogen-bond donors (Lipinski definition) is 0. The van der Waals surface area contributed by atoms with Gasteiger partial charge in [0.15, 0.2) is 0 Å². The molecule has 0 fully saturated rings. The lowest BCUT2D eigenvalue weighted by molar-refractivity contribution is 1.16. The molecular formula is C21H18. The first-order chi connectivity index (χ1) is 10.4. The average Bonchev–Trinajstić information content (AvgIpc) is 2.97. The molecule has 0 saturated heterocycles. The zero-order valence-corrected chi connectivity index (χ0v) is 12.3. The van der Waals surface area contributed by atoms with E-state index in [0.717, 1.165) is 12.8 Å². The molecule has 0 saturated carbocycles. The van der Waals surface area contributed by atoms with Gasteiger partial charge in [0.2, 0.25) is 0 Å². The summed E-state index contributed by atoms with van der Waals surface area (Å²) in [6, 6.07) is 15.3. The van der Waals surface area contributed by atoms with E-state index in [1.165, 1.54) is 38.6 Å². The molecule has 0 radical (unpaired) electrons. The zero-order valence-electron chi connectivity index (χ0n) is 12.3. The maximum Gasteiger partial charge on any atom is -0.00818 e. The van der Waals surface area contributed by atoms with Crippen molar-refractivity contribution in [2.75, 3.05) is 0 Å². The van der Waals surface area contributed by atoms with E-state index in [0.29, 0.717) is 0 Å². The second-order valence-electron chi connectivity index (χ2n) is 5.70. The van der Waals surface area contributed by atoms with Crippen LogP contribution in [0.5, 0.6) is 0 Å². The predicted molar refractivity (Wildman–Crippen MR) is 91.1 cm³/mol. The maximum atomic E-state index is 2.37. The van der Waals surface area contributed by atoms with Crippen LogP contribution >= 0.6 is 0 Å². The fraction of sp³-hybridized carbons (Fsp3) is 0.143. The largest absolute Gasteiger partial charge is 0.0795 e. The van der Waals surface area contributed by atoms with Crippen LogP contribution in [0.25, 0.3) is 16.3 Å². The van der Waals surface area contributed by atoms with Crippen molar-refractivity contribution in [3.8, 4) is 0 Å². The lowest BCUT2D eigenvalue weighted by Crippen LogP contribution is -1.95. The van der Waals surface area contributed by atoms with Crippen LogP contribution in [-0.4, -0.2) is 0 Å². The Morgan fingerprint density at radius 2 is 1.81 bits per heavy atom. The number of benzene rings is 2. The highest BCUT2D eigenvalue weighted by Gasteiger charge is 2.19. The minimum Gasteiger partial charge on any atom is -0.0795 e. The van der Waals surface area contributed by atoms with Gasteiger partial charge in [-0.2, -0.15) is 0 Å². The molecule has 0 aliphatic heterocycles. The van der Waals surface area contributed by atoms with Crippen molar-refractivity contribution in [1.82, 2.24) is 0 Å². The second kappa shape index (κ2) is 4.89. The van der Waals surface area contributed by atoms with Gasteiger partial charge < -0.3 is 0 Å². The lowest BCUT2D eigenvalue weighted by Gasteiger charge is -2.17. The van der Waals surface area contributed by atoms with Gasteiger partial charge in [0.05, 0.1) is 0 Å². The van der Waals surface area contributed by atoms with E-state index in [2.05, 4.69) is 73.7 Å². The molecule has 0 atom stereocenters. The van der Waals surface area contributed by atoms with Gasteiger partial charge in [-0.3, -0.25) is 0 Å². The number of rotatable bonds is 2. The molecule has 4 rings (SSSR count). The Kier molecular flexibility index (Phi) is 2.89. The van der Waals surface area contributed by atoms with Crippen LogP contribution in [0.1, 0.15) is 25.3 Å². The van der Waals surface area contributed by atoms with Crippen LogP contribution in [0, 0.1) is 0 Å². The van der Waals surface area contributed by atoms with Crippen molar-refractivity contribution in [2.24, 2.45) is 0 Å². The predicted octanol–water partition coefficient (Wildman–Crippen LogP) is 5.83. The standard InChI is InChI=1S/C21H18/c1-2-15-13-17-9-6-12-20(21(17)14-15)19-11-5-8-16-7-3-4-10-18(16)19/h3-11,13-14H,2,12H2,1H3. The van der Waals surface area contributed by atoms with Gasteiger partial charge in [0.25, 0.3) is 0 Å². The van der Waals surface area contributed by atoms with Gasteiger partial charge in [-0.15, -0.1) is 0 Å². The molecule has 0 spiro atoms. The van der Waals surface area contributed by atoms with Crippen molar-refractivity contribution in [3.63, 3.8) is 0 Å². The molecule has 0 unspecified atom stereocenters. The number of allylic oxidation sites excluding steroid dienone is 8. The zero-order chi connectivity index (χ0) is 14.2. The first-order valence-corrected chi connectivity index (χ1v) is 7.67. The van der Waals surface area contributed by atoms with E-state index in [9.17, 15) is 0 Å². The number of fused-ring (bicyclic) bond motifs is 2. The molecule has 2 aliphatic carbocycles. The minimum absolute atomic E-state index is 1.02. The monoisotopic (exact) mass is 270 g/mol. The van der Waals surface area contributed by atoms with E-state index in [1.54, 1.807) is 0 Å². The SMILES string of the molecule is CCC1=CC2=C(c3cccc4ccccc34)CC=CC2=C1. The summed E-state index contributed by atoms with van der Waals surface area (Å²) in [6.07, 6.45) is 11.4. The van der Waals surface area contributed by atoms with Crippen LogP contribution in [-0.2, 0) is 0 Å². The summed E-state index contributed by atoms with van der Waals surface area (Å²) in [6.45, 7) is 2.22. The fourth-order valence-corrected chi connectivity index (χ4v) is 3.35. The Balaban J connectivity index is 1.97. The topological polar surface area (TPSA) is 0 Å². The molecule has 2 aliphatic rings. The molecule has 0 aromatic heterocycles. The highest BCUT2D eigenvalue weighted by molar-refractivity contribution is 5.97. The normalized spacial score (nSPS) is 17.0. The maximum absolute atomic E-state index is 2.37. The minimum atomic E-state index is 1.02. The van der Waals surface area contributed by atoms with Crippen LogP contribution in [0.3, 0.4) is 0 Å². The Bertz CT molecular complexity index is 836. The van der Waals surface area contributed by atoms with Crippen LogP contribution < -0.4 is 0 Å². The Morgan fingerprint density at radius 3 is 2.71 bits per heavy atom.